The highest BCUT2D eigenvalue weighted by Gasteiger charge is 2.12. The summed E-state index contributed by atoms with van der Waals surface area (Å²) in [5, 5.41) is 0. The number of hydrogen-bond donors (Lipinski definition) is 0. The van der Waals surface area contributed by atoms with Crippen LogP contribution < -0.4 is 0 Å². The van der Waals surface area contributed by atoms with E-state index in [0.717, 1.165) is 11.3 Å². The molecule has 0 atom stereocenters. The highest BCUT2D eigenvalue weighted by atomic mass is 35.5. The van der Waals surface area contributed by atoms with Crippen LogP contribution >= 0.6 is 11.6 Å². The average Bonchev–Trinajstić information content (AvgIpc) is 2.57. The fourth-order valence-electron chi connectivity index (χ4n) is 1.98. The Morgan fingerprint density at radius 3 is 2.73 bits per heavy atom. The number of fused-ring (bicyclic) bond motifs is 1. The van der Waals surface area contributed by atoms with Crippen molar-refractivity contribution in [3.05, 3.63) is 29.6 Å². The first-order valence-corrected chi connectivity index (χ1v) is 5.71. The van der Waals surface area contributed by atoms with Crippen molar-refractivity contribution in [3.63, 3.8) is 0 Å². The number of halogens is 1. The van der Waals surface area contributed by atoms with E-state index < -0.39 is 0 Å². The van der Waals surface area contributed by atoms with Crippen molar-refractivity contribution < 1.29 is 0 Å². The predicted octanol–water partition coefficient (Wildman–Crippen LogP) is 3.66. The maximum absolute atomic E-state index is 5.92. The molecule has 0 aliphatic heterocycles. The molecule has 0 amide bonds. The van der Waals surface area contributed by atoms with Gasteiger partial charge in [0, 0.05) is 6.04 Å². The quantitative estimate of drug-likeness (QED) is 0.709. The molecule has 0 aliphatic carbocycles. The summed E-state index contributed by atoms with van der Waals surface area (Å²) in [7, 11) is 0. The minimum atomic E-state index is 0.394. The number of benzene rings is 1. The minimum absolute atomic E-state index is 0.394. The minimum Gasteiger partial charge on any atom is -0.324 e. The van der Waals surface area contributed by atoms with Crippen LogP contribution in [0.3, 0.4) is 0 Å². The lowest BCUT2D eigenvalue weighted by Gasteiger charge is -2.11. The smallest absolute Gasteiger partial charge is 0.125 e. The van der Waals surface area contributed by atoms with Crippen LogP contribution in [-0.4, -0.2) is 9.55 Å². The largest absolute Gasteiger partial charge is 0.324 e. The molecule has 0 spiro atoms. The lowest BCUT2D eigenvalue weighted by molar-refractivity contribution is 0.597. The second-order valence-electron chi connectivity index (χ2n) is 4.07. The molecule has 0 saturated heterocycles. The molecule has 3 heteroatoms. The first-order chi connectivity index (χ1) is 7.15. The molecule has 2 aromatic rings. The van der Waals surface area contributed by atoms with Gasteiger partial charge in [-0.1, -0.05) is 12.1 Å². The first-order valence-electron chi connectivity index (χ1n) is 5.17. The lowest BCUT2D eigenvalue weighted by atomic mass is 10.2. The van der Waals surface area contributed by atoms with E-state index in [9.17, 15) is 0 Å². The molecule has 80 valence electrons. The molecule has 0 unspecified atom stereocenters. The Balaban J connectivity index is 2.80. The van der Waals surface area contributed by atoms with Gasteiger partial charge in [-0.15, -0.1) is 11.6 Å². The van der Waals surface area contributed by atoms with Crippen molar-refractivity contribution in [2.24, 2.45) is 0 Å². The molecular formula is C12H15ClN2. The van der Waals surface area contributed by atoms with Crippen LogP contribution in [0.4, 0.5) is 0 Å². The molecule has 0 N–H and O–H groups in total. The number of nitrogens with zero attached hydrogens (tertiary/aromatic N) is 2. The highest BCUT2D eigenvalue weighted by Crippen LogP contribution is 2.24. The molecular weight excluding hydrogens is 208 g/mol. The van der Waals surface area contributed by atoms with Gasteiger partial charge < -0.3 is 4.57 Å². The Morgan fingerprint density at radius 1 is 1.40 bits per heavy atom. The predicted molar refractivity (Wildman–Crippen MR) is 64.4 cm³/mol. The van der Waals surface area contributed by atoms with Crippen molar-refractivity contribution >= 4 is 22.6 Å². The molecule has 1 aromatic carbocycles. The van der Waals surface area contributed by atoms with E-state index in [0.29, 0.717) is 11.9 Å². The van der Waals surface area contributed by atoms with Gasteiger partial charge >= 0.3 is 0 Å². The van der Waals surface area contributed by atoms with E-state index in [-0.39, 0.29) is 0 Å². The summed E-state index contributed by atoms with van der Waals surface area (Å²) < 4.78 is 2.20. The standard InChI is InChI=1S/C12H15ClN2/c1-8(2)15-10-6-4-5-9(3)12(10)14-11(15)7-13/h4-6,8H,7H2,1-3H3. The molecule has 0 fully saturated rings. The Morgan fingerprint density at radius 2 is 2.13 bits per heavy atom. The van der Waals surface area contributed by atoms with Gasteiger partial charge in [0.05, 0.1) is 16.9 Å². The summed E-state index contributed by atoms with van der Waals surface area (Å²) in [6.07, 6.45) is 0. The summed E-state index contributed by atoms with van der Waals surface area (Å²) >= 11 is 5.92. The number of aromatic nitrogens is 2. The van der Waals surface area contributed by atoms with Gasteiger partial charge in [-0.05, 0) is 32.4 Å². The summed E-state index contributed by atoms with van der Waals surface area (Å²) in [4.78, 5) is 4.58. The lowest BCUT2D eigenvalue weighted by Crippen LogP contribution is -2.04. The van der Waals surface area contributed by atoms with Crippen molar-refractivity contribution in [1.82, 2.24) is 9.55 Å². The van der Waals surface area contributed by atoms with E-state index in [2.05, 4.69) is 48.5 Å². The second kappa shape index (κ2) is 3.86. The molecule has 2 nitrogen and oxygen atoms in total. The summed E-state index contributed by atoms with van der Waals surface area (Å²) in [5.74, 6) is 1.42. The average molecular weight is 223 g/mol. The van der Waals surface area contributed by atoms with Gasteiger partial charge in [0.15, 0.2) is 0 Å². The Labute approximate surface area is 94.9 Å². The van der Waals surface area contributed by atoms with Gasteiger partial charge in [0.1, 0.15) is 5.82 Å². The third kappa shape index (κ3) is 1.63. The topological polar surface area (TPSA) is 17.8 Å². The molecule has 2 rings (SSSR count). The van der Waals surface area contributed by atoms with E-state index in [4.69, 9.17) is 11.6 Å². The summed E-state index contributed by atoms with van der Waals surface area (Å²) in [5.41, 5.74) is 3.46. The van der Waals surface area contributed by atoms with Crippen molar-refractivity contribution in [3.8, 4) is 0 Å². The molecule has 0 aliphatic rings. The monoisotopic (exact) mass is 222 g/mol. The zero-order valence-electron chi connectivity index (χ0n) is 9.29. The number of imidazole rings is 1. The van der Waals surface area contributed by atoms with Gasteiger partial charge in [-0.2, -0.15) is 0 Å². The normalized spacial score (nSPS) is 11.5. The number of hydrogen-bond acceptors (Lipinski definition) is 1. The fourth-order valence-corrected chi connectivity index (χ4v) is 2.16. The third-order valence-electron chi connectivity index (χ3n) is 2.63. The van der Waals surface area contributed by atoms with Crippen LogP contribution in [0.15, 0.2) is 18.2 Å². The zero-order valence-corrected chi connectivity index (χ0v) is 10.0. The van der Waals surface area contributed by atoms with Crippen LogP contribution in [0.2, 0.25) is 0 Å². The van der Waals surface area contributed by atoms with E-state index in [1.807, 2.05) is 0 Å². The third-order valence-corrected chi connectivity index (χ3v) is 2.87. The SMILES string of the molecule is Cc1cccc2c1nc(CCl)n2C(C)C. The van der Waals surface area contributed by atoms with E-state index in [1.54, 1.807) is 0 Å². The molecule has 0 bridgehead atoms. The summed E-state index contributed by atoms with van der Waals surface area (Å²) in [6.45, 7) is 6.39. The number of aryl methyl sites for hydroxylation is 1. The van der Waals surface area contributed by atoms with Crippen LogP contribution in [0.1, 0.15) is 31.3 Å². The molecule has 0 radical (unpaired) electrons. The fraction of sp³-hybridized carbons (Fsp3) is 0.417. The van der Waals surface area contributed by atoms with Crippen molar-refractivity contribution in [2.75, 3.05) is 0 Å². The van der Waals surface area contributed by atoms with Crippen LogP contribution in [-0.2, 0) is 5.88 Å². The van der Waals surface area contributed by atoms with E-state index in [1.165, 1.54) is 11.1 Å². The Hall–Kier alpha value is -1.02. The van der Waals surface area contributed by atoms with E-state index >= 15 is 0 Å². The first kappa shape index (κ1) is 10.5. The van der Waals surface area contributed by atoms with Gasteiger partial charge in [-0.3, -0.25) is 0 Å². The maximum atomic E-state index is 5.92. The van der Waals surface area contributed by atoms with Crippen molar-refractivity contribution in [2.45, 2.75) is 32.7 Å². The summed E-state index contributed by atoms with van der Waals surface area (Å²) in [6, 6.07) is 6.64. The Kier molecular flexibility index (Phi) is 2.70. The number of para-hydroxylation sites is 1. The second-order valence-corrected chi connectivity index (χ2v) is 4.34. The highest BCUT2D eigenvalue weighted by molar-refractivity contribution is 6.16. The molecule has 15 heavy (non-hydrogen) atoms. The zero-order chi connectivity index (χ0) is 11.0. The number of rotatable bonds is 2. The van der Waals surface area contributed by atoms with Crippen LogP contribution in [0.5, 0.6) is 0 Å². The Bertz CT molecular complexity index is 486. The van der Waals surface area contributed by atoms with Crippen LogP contribution in [0, 0.1) is 6.92 Å². The molecule has 1 heterocycles. The van der Waals surface area contributed by atoms with Crippen LogP contribution in [0.25, 0.3) is 11.0 Å². The van der Waals surface area contributed by atoms with Gasteiger partial charge in [0.2, 0.25) is 0 Å². The van der Waals surface area contributed by atoms with Crippen molar-refractivity contribution in [1.29, 1.82) is 0 Å². The molecule has 0 saturated carbocycles. The van der Waals surface area contributed by atoms with Gasteiger partial charge in [-0.25, -0.2) is 4.98 Å². The molecule has 1 aromatic heterocycles. The number of alkyl halides is 1. The van der Waals surface area contributed by atoms with Gasteiger partial charge in [0.25, 0.3) is 0 Å². The maximum Gasteiger partial charge on any atom is 0.125 e.